The van der Waals surface area contributed by atoms with Crippen LogP contribution in [0.1, 0.15) is 37.3 Å². The number of hydrogen-bond acceptors (Lipinski definition) is 3. The van der Waals surface area contributed by atoms with Crippen molar-refractivity contribution >= 4 is 9.84 Å². The lowest BCUT2D eigenvalue weighted by Gasteiger charge is -2.30. The second kappa shape index (κ2) is 6.72. The predicted molar refractivity (Wildman–Crippen MR) is 83.8 cm³/mol. The highest BCUT2D eigenvalue weighted by atomic mass is 32.2. The average molecular weight is 295 g/mol. The molecule has 0 aliphatic carbocycles. The number of hydrogen-bond donors (Lipinski definition) is 1. The van der Waals surface area contributed by atoms with Gasteiger partial charge in [-0.25, -0.2) is 8.42 Å². The van der Waals surface area contributed by atoms with Gasteiger partial charge in [0.1, 0.15) is 0 Å². The maximum absolute atomic E-state index is 12.3. The molecule has 0 amide bonds. The molecule has 0 radical (unpaired) electrons. The fraction of sp³-hybridized carbons (Fsp3) is 0.625. The van der Waals surface area contributed by atoms with Gasteiger partial charge in [0, 0.05) is 6.04 Å². The Hall–Kier alpha value is -0.870. The van der Waals surface area contributed by atoms with E-state index in [9.17, 15) is 8.42 Å². The van der Waals surface area contributed by atoms with E-state index in [4.69, 9.17) is 0 Å². The van der Waals surface area contributed by atoms with Crippen LogP contribution < -0.4 is 5.32 Å². The van der Waals surface area contributed by atoms with Crippen LogP contribution in [0.2, 0.25) is 0 Å². The molecule has 1 saturated heterocycles. The third-order valence-electron chi connectivity index (χ3n) is 4.08. The van der Waals surface area contributed by atoms with Gasteiger partial charge in [0.05, 0.1) is 11.0 Å². The first-order chi connectivity index (χ1) is 9.53. The maximum atomic E-state index is 12.3. The lowest BCUT2D eigenvalue weighted by molar-refractivity contribution is 0.441. The molecule has 0 bridgehead atoms. The van der Waals surface area contributed by atoms with Crippen LogP contribution in [0.15, 0.2) is 24.3 Å². The minimum absolute atomic E-state index is 0.0344. The van der Waals surface area contributed by atoms with Crippen LogP contribution in [0, 0.1) is 6.92 Å². The fourth-order valence-corrected chi connectivity index (χ4v) is 5.25. The normalized spacial score (nSPS) is 23.4. The molecule has 20 heavy (non-hydrogen) atoms. The molecule has 4 heteroatoms. The van der Waals surface area contributed by atoms with E-state index < -0.39 is 9.84 Å². The molecule has 1 aromatic rings. The van der Waals surface area contributed by atoms with Crippen LogP contribution in [0.4, 0.5) is 0 Å². The molecular formula is C16H25NO2S. The van der Waals surface area contributed by atoms with Crippen LogP contribution >= 0.6 is 0 Å². The minimum atomic E-state index is -2.94. The van der Waals surface area contributed by atoms with Crippen molar-refractivity contribution in [2.24, 2.45) is 0 Å². The first-order valence-corrected chi connectivity index (χ1v) is 9.25. The van der Waals surface area contributed by atoms with Crippen LogP contribution in [0.5, 0.6) is 0 Å². The fourth-order valence-electron chi connectivity index (χ4n) is 3.12. The molecule has 1 N–H and O–H groups in total. The molecule has 1 aromatic carbocycles. The van der Waals surface area contributed by atoms with E-state index in [1.807, 2.05) is 13.0 Å². The van der Waals surface area contributed by atoms with Gasteiger partial charge in [0.2, 0.25) is 0 Å². The Morgan fingerprint density at radius 1 is 1.35 bits per heavy atom. The summed E-state index contributed by atoms with van der Waals surface area (Å²) in [5.41, 5.74) is 2.45. The van der Waals surface area contributed by atoms with Crippen LogP contribution in [0.25, 0.3) is 0 Å². The zero-order valence-corrected chi connectivity index (χ0v) is 13.2. The Kier molecular flexibility index (Phi) is 5.22. The van der Waals surface area contributed by atoms with Crippen LogP contribution in [-0.4, -0.2) is 32.0 Å². The van der Waals surface area contributed by atoms with E-state index in [0.717, 1.165) is 32.2 Å². The topological polar surface area (TPSA) is 46.2 Å². The molecule has 112 valence electrons. The Labute approximate surface area is 122 Å². The number of sulfone groups is 1. The lowest BCUT2D eigenvalue weighted by Crippen LogP contribution is -2.47. The monoisotopic (exact) mass is 295 g/mol. The third kappa shape index (κ3) is 3.83. The SMILES string of the molecule is CCNC(Cc1cccc(C)c1)C1CCCCS1(=O)=O. The van der Waals surface area contributed by atoms with Crippen molar-refractivity contribution < 1.29 is 8.42 Å². The molecule has 2 unspecified atom stereocenters. The Bertz CT molecular complexity index is 539. The summed E-state index contributed by atoms with van der Waals surface area (Å²) >= 11 is 0. The van der Waals surface area contributed by atoms with Gasteiger partial charge >= 0.3 is 0 Å². The molecule has 1 aliphatic heterocycles. The van der Waals surface area contributed by atoms with Gasteiger partial charge < -0.3 is 5.32 Å². The molecule has 1 aliphatic rings. The lowest BCUT2D eigenvalue weighted by atomic mass is 9.98. The molecule has 2 rings (SSSR count). The van der Waals surface area contributed by atoms with Crippen molar-refractivity contribution in [1.82, 2.24) is 5.32 Å². The van der Waals surface area contributed by atoms with Crippen molar-refractivity contribution in [2.45, 2.75) is 50.8 Å². The minimum Gasteiger partial charge on any atom is -0.313 e. The van der Waals surface area contributed by atoms with Gasteiger partial charge in [-0.3, -0.25) is 0 Å². The highest BCUT2D eigenvalue weighted by Gasteiger charge is 2.35. The van der Waals surface area contributed by atoms with Crippen molar-refractivity contribution in [3.8, 4) is 0 Å². The zero-order valence-electron chi connectivity index (χ0n) is 12.4. The van der Waals surface area contributed by atoms with E-state index in [1.165, 1.54) is 11.1 Å². The molecule has 3 nitrogen and oxygen atoms in total. The Balaban J connectivity index is 2.18. The highest BCUT2D eigenvalue weighted by Crippen LogP contribution is 2.24. The average Bonchev–Trinajstić information content (AvgIpc) is 2.38. The van der Waals surface area contributed by atoms with Gasteiger partial charge in [-0.15, -0.1) is 0 Å². The standard InChI is InChI=1S/C16H25NO2S/c1-3-17-15(12-14-8-6-7-13(2)11-14)16-9-4-5-10-20(16,18)19/h6-8,11,15-17H,3-5,9-10,12H2,1-2H3. The molecular weight excluding hydrogens is 270 g/mol. The summed E-state index contributed by atoms with van der Waals surface area (Å²) in [5, 5.41) is 3.17. The Morgan fingerprint density at radius 2 is 2.15 bits per heavy atom. The number of likely N-dealkylation sites (N-methyl/N-ethyl adjacent to an activating group) is 1. The number of nitrogens with one attached hydrogen (secondary N) is 1. The van der Waals surface area contributed by atoms with Crippen LogP contribution in [-0.2, 0) is 16.3 Å². The number of benzene rings is 1. The second-order valence-electron chi connectivity index (χ2n) is 5.76. The van der Waals surface area contributed by atoms with Crippen molar-refractivity contribution in [2.75, 3.05) is 12.3 Å². The van der Waals surface area contributed by atoms with Gasteiger partial charge in [-0.1, -0.05) is 43.2 Å². The summed E-state index contributed by atoms with van der Waals surface area (Å²) in [6, 6.07) is 8.39. The summed E-state index contributed by atoms with van der Waals surface area (Å²) in [4.78, 5) is 0. The summed E-state index contributed by atoms with van der Waals surface area (Å²) < 4.78 is 24.6. The summed E-state index contributed by atoms with van der Waals surface area (Å²) in [7, 11) is -2.94. The van der Waals surface area contributed by atoms with Gasteiger partial charge in [-0.05, 0) is 38.3 Å². The molecule has 0 spiro atoms. The van der Waals surface area contributed by atoms with Crippen LogP contribution in [0.3, 0.4) is 0 Å². The summed E-state index contributed by atoms with van der Waals surface area (Å²) in [6.07, 6.45) is 3.44. The summed E-state index contributed by atoms with van der Waals surface area (Å²) in [5.74, 6) is 0.355. The van der Waals surface area contributed by atoms with E-state index in [1.54, 1.807) is 0 Å². The van der Waals surface area contributed by atoms with Crippen molar-refractivity contribution in [1.29, 1.82) is 0 Å². The molecule has 0 aromatic heterocycles. The summed E-state index contributed by atoms with van der Waals surface area (Å²) in [6.45, 7) is 4.92. The van der Waals surface area contributed by atoms with E-state index in [-0.39, 0.29) is 11.3 Å². The molecule has 1 fully saturated rings. The van der Waals surface area contributed by atoms with Crippen molar-refractivity contribution in [3.05, 3.63) is 35.4 Å². The zero-order chi connectivity index (χ0) is 14.6. The van der Waals surface area contributed by atoms with Gasteiger partial charge in [0.25, 0.3) is 0 Å². The quantitative estimate of drug-likeness (QED) is 0.908. The number of rotatable bonds is 5. The Morgan fingerprint density at radius 3 is 2.80 bits per heavy atom. The van der Waals surface area contributed by atoms with Crippen molar-refractivity contribution in [3.63, 3.8) is 0 Å². The molecule has 2 atom stereocenters. The van der Waals surface area contributed by atoms with E-state index >= 15 is 0 Å². The van der Waals surface area contributed by atoms with E-state index in [0.29, 0.717) is 5.75 Å². The smallest absolute Gasteiger partial charge is 0.154 e. The largest absolute Gasteiger partial charge is 0.313 e. The molecule has 1 heterocycles. The maximum Gasteiger partial charge on any atom is 0.154 e. The first kappa shape index (κ1) is 15.5. The highest BCUT2D eigenvalue weighted by molar-refractivity contribution is 7.92. The second-order valence-corrected chi connectivity index (χ2v) is 8.10. The number of aryl methyl sites for hydroxylation is 1. The third-order valence-corrected chi connectivity index (χ3v) is 6.43. The first-order valence-electron chi connectivity index (χ1n) is 7.53. The van der Waals surface area contributed by atoms with E-state index in [2.05, 4.69) is 30.4 Å². The van der Waals surface area contributed by atoms with Gasteiger partial charge in [-0.2, -0.15) is 0 Å². The predicted octanol–water partition coefficient (Wildman–Crippen LogP) is 2.48. The molecule has 0 saturated carbocycles. The van der Waals surface area contributed by atoms with Gasteiger partial charge in [0.15, 0.2) is 9.84 Å².